The number of aliphatic imine (C=N–C) groups is 1. The average molecular weight is 387 g/mol. The zero-order chi connectivity index (χ0) is 17.3. The fourth-order valence-corrected chi connectivity index (χ4v) is 2.66. The fraction of sp³-hybridized carbons (Fsp3) is 0.0588. The van der Waals surface area contributed by atoms with Gasteiger partial charge >= 0.3 is 5.97 Å². The van der Waals surface area contributed by atoms with Gasteiger partial charge in [-0.15, -0.1) is 0 Å². The minimum absolute atomic E-state index is 0.00709. The second-order valence-electron chi connectivity index (χ2n) is 5.12. The Morgan fingerprint density at radius 2 is 2.00 bits per heavy atom. The van der Waals surface area contributed by atoms with Crippen LogP contribution in [0.25, 0.3) is 6.08 Å². The maximum atomic E-state index is 12.0. The van der Waals surface area contributed by atoms with Crippen LogP contribution in [0.4, 0.5) is 5.69 Å². The van der Waals surface area contributed by atoms with E-state index in [1.165, 1.54) is 12.1 Å². The Kier molecular flexibility index (Phi) is 4.26. The molecule has 0 aromatic heterocycles. The van der Waals surface area contributed by atoms with Crippen LogP contribution >= 0.6 is 15.9 Å². The summed E-state index contributed by atoms with van der Waals surface area (Å²) in [6, 6.07) is 11.9. The van der Waals surface area contributed by atoms with Crippen LogP contribution in [0.15, 0.2) is 57.6 Å². The van der Waals surface area contributed by atoms with Gasteiger partial charge in [-0.05, 0) is 36.8 Å². The number of cyclic esters (lactones) is 1. The van der Waals surface area contributed by atoms with Gasteiger partial charge in [0.15, 0.2) is 5.70 Å². The Morgan fingerprint density at radius 3 is 2.67 bits per heavy atom. The lowest BCUT2D eigenvalue weighted by Gasteiger charge is -2.01. The van der Waals surface area contributed by atoms with E-state index >= 15 is 0 Å². The largest absolute Gasteiger partial charge is 0.402 e. The highest BCUT2D eigenvalue weighted by molar-refractivity contribution is 9.10. The number of hydrogen-bond acceptors (Lipinski definition) is 5. The van der Waals surface area contributed by atoms with Gasteiger partial charge < -0.3 is 4.74 Å². The lowest BCUT2D eigenvalue weighted by Crippen LogP contribution is -2.06. The monoisotopic (exact) mass is 386 g/mol. The summed E-state index contributed by atoms with van der Waals surface area (Å²) in [4.78, 5) is 26.6. The third-order valence-corrected chi connectivity index (χ3v) is 4.18. The topological polar surface area (TPSA) is 81.8 Å². The molecule has 3 rings (SSSR count). The number of aryl methyl sites for hydroxylation is 1. The zero-order valence-electron chi connectivity index (χ0n) is 12.5. The minimum atomic E-state index is -0.559. The number of benzene rings is 2. The Morgan fingerprint density at radius 1 is 1.25 bits per heavy atom. The molecule has 0 atom stereocenters. The summed E-state index contributed by atoms with van der Waals surface area (Å²) in [5.41, 5.74) is 1.97. The third-order valence-electron chi connectivity index (χ3n) is 3.46. The number of rotatable bonds is 3. The molecule has 0 spiro atoms. The van der Waals surface area contributed by atoms with Crippen molar-refractivity contribution in [3.8, 4) is 0 Å². The van der Waals surface area contributed by atoms with Gasteiger partial charge in [0.1, 0.15) is 0 Å². The minimum Gasteiger partial charge on any atom is -0.402 e. The number of ether oxygens (including phenoxy) is 1. The molecule has 0 fully saturated rings. The normalized spacial score (nSPS) is 15.3. The highest BCUT2D eigenvalue weighted by Crippen LogP contribution is 2.25. The van der Waals surface area contributed by atoms with Crippen LogP contribution in [0.5, 0.6) is 0 Å². The SMILES string of the molecule is Cc1cc(C2=N/C(=C/c3ccccc3Br)C(=O)O2)ccc1[N+](=O)[O-]. The van der Waals surface area contributed by atoms with Gasteiger partial charge in [0.25, 0.3) is 5.69 Å². The van der Waals surface area contributed by atoms with Crippen molar-refractivity contribution in [1.29, 1.82) is 0 Å². The van der Waals surface area contributed by atoms with Gasteiger partial charge in [0.2, 0.25) is 5.90 Å². The summed E-state index contributed by atoms with van der Waals surface area (Å²) in [7, 11) is 0. The van der Waals surface area contributed by atoms with E-state index in [4.69, 9.17) is 4.74 Å². The number of hydrogen-bond donors (Lipinski definition) is 0. The van der Waals surface area contributed by atoms with E-state index in [0.717, 1.165) is 10.0 Å². The number of carbonyl (C=O) groups is 1. The molecule has 6 nitrogen and oxygen atoms in total. The predicted molar refractivity (Wildman–Crippen MR) is 92.6 cm³/mol. The van der Waals surface area contributed by atoms with Crippen molar-refractivity contribution in [2.45, 2.75) is 6.92 Å². The Hall–Kier alpha value is -2.80. The quantitative estimate of drug-likeness (QED) is 0.345. The summed E-state index contributed by atoms with van der Waals surface area (Å²) < 4.78 is 6.02. The molecular formula is C17H11BrN2O4. The third kappa shape index (κ3) is 3.11. The van der Waals surface area contributed by atoms with Crippen molar-refractivity contribution in [3.05, 3.63) is 79.4 Å². The van der Waals surface area contributed by atoms with Crippen LogP contribution in [-0.2, 0) is 9.53 Å². The molecule has 0 N–H and O–H groups in total. The standard InChI is InChI=1S/C17H11BrN2O4/c1-10-8-12(6-7-15(10)20(22)23)16-19-14(17(21)24-16)9-11-4-2-3-5-13(11)18/h2-9H,1H3/b14-9+. The molecule has 0 aliphatic carbocycles. The zero-order valence-corrected chi connectivity index (χ0v) is 14.1. The number of nitrogens with zero attached hydrogens (tertiary/aromatic N) is 2. The van der Waals surface area contributed by atoms with Crippen LogP contribution in [0.3, 0.4) is 0 Å². The predicted octanol–water partition coefficient (Wildman–Crippen LogP) is 4.01. The van der Waals surface area contributed by atoms with Crippen molar-refractivity contribution in [2.75, 3.05) is 0 Å². The van der Waals surface area contributed by atoms with Gasteiger partial charge in [-0.2, -0.15) is 0 Å². The first kappa shape index (κ1) is 16.1. The molecule has 1 heterocycles. The number of esters is 1. The molecule has 0 amide bonds. The molecule has 120 valence electrons. The van der Waals surface area contributed by atoms with E-state index in [1.807, 2.05) is 24.3 Å². The van der Waals surface area contributed by atoms with Gasteiger partial charge in [0, 0.05) is 21.7 Å². The van der Waals surface area contributed by atoms with Crippen LogP contribution in [0, 0.1) is 17.0 Å². The van der Waals surface area contributed by atoms with E-state index in [9.17, 15) is 14.9 Å². The molecule has 0 radical (unpaired) electrons. The first-order valence-electron chi connectivity index (χ1n) is 6.98. The van der Waals surface area contributed by atoms with Gasteiger partial charge in [-0.25, -0.2) is 9.79 Å². The summed E-state index contributed by atoms with van der Waals surface area (Å²) >= 11 is 3.41. The Bertz CT molecular complexity index is 919. The second-order valence-corrected chi connectivity index (χ2v) is 5.97. The number of nitro groups is 1. The smallest absolute Gasteiger partial charge is 0.363 e. The van der Waals surface area contributed by atoms with E-state index in [-0.39, 0.29) is 17.3 Å². The van der Waals surface area contributed by atoms with E-state index < -0.39 is 10.9 Å². The average Bonchev–Trinajstić information content (AvgIpc) is 2.90. The van der Waals surface area contributed by atoms with Crippen LogP contribution in [0.1, 0.15) is 16.7 Å². The molecule has 0 unspecified atom stereocenters. The lowest BCUT2D eigenvalue weighted by molar-refractivity contribution is -0.385. The second kappa shape index (κ2) is 6.37. The van der Waals surface area contributed by atoms with Crippen molar-refractivity contribution < 1.29 is 14.5 Å². The fourth-order valence-electron chi connectivity index (χ4n) is 2.27. The highest BCUT2D eigenvalue weighted by atomic mass is 79.9. The molecule has 1 aliphatic rings. The van der Waals surface area contributed by atoms with Crippen molar-refractivity contribution in [1.82, 2.24) is 0 Å². The Labute approximate surface area is 145 Å². The van der Waals surface area contributed by atoms with Gasteiger partial charge in [-0.1, -0.05) is 34.1 Å². The van der Waals surface area contributed by atoms with Crippen molar-refractivity contribution >= 4 is 39.6 Å². The summed E-state index contributed by atoms with van der Waals surface area (Å²) in [5, 5.41) is 10.9. The maximum Gasteiger partial charge on any atom is 0.363 e. The first-order valence-corrected chi connectivity index (χ1v) is 7.77. The van der Waals surface area contributed by atoms with Crippen LogP contribution < -0.4 is 0 Å². The summed E-state index contributed by atoms with van der Waals surface area (Å²) in [6.07, 6.45) is 1.62. The molecule has 7 heteroatoms. The van der Waals surface area contributed by atoms with E-state index in [0.29, 0.717) is 11.1 Å². The molecule has 1 aliphatic heterocycles. The molecule has 0 saturated heterocycles. The van der Waals surface area contributed by atoms with E-state index in [1.54, 1.807) is 19.1 Å². The van der Waals surface area contributed by atoms with E-state index in [2.05, 4.69) is 20.9 Å². The van der Waals surface area contributed by atoms with Gasteiger partial charge in [-0.3, -0.25) is 10.1 Å². The molecule has 24 heavy (non-hydrogen) atoms. The number of nitro benzene ring substituents is 1. The first-order chi connectivity index (χ1) is 11.5. The van der Waals surface area contributed by atoms with Crippen molar-refractivity contribution in [2.24, 2.45) is 4.99 Å². The molecular weight excluding hydrogens is 376 g/mol. The Balaban J connectivity index is 1.96. The van der Waals surface area contributed by atoms with Crippen LogP contribution in [0.2, 0.25) is 0 Å². The highest BCUT2D eigenvalue weighted by Gasteiger charge is 2.25. The number of carbonyl (C=O) groups excluding carboxylic acids is 1. The molecule has 0 saturated carbocycles. The van der Waals surface area contributed by atoms with Crippen molar-refractivity contribution in [3.63, 3.8) is 0 Å². The summed E-state index contributed by atoms with van der Waals surface area (Å²) in [5.74, 6) is -0.423. The molecule has 2 aromatic carbocycles. The maximum absolute atomic E-state index is 12.0. The van der Waals surface area contributed by atoms with Crippen LogP contribution in [-0.4, -0.2) is 16.8 Å². The molecule has 0 bridgehead atoms. The summed E-state index contributed by atoms with van der Waals surface area (Å²) in [6.45, 7) is 1.62. The number of halogens is 1. The lowest BCUT2D eigenvalue weighted by atomic mass is 10.1. The van der Waals surface area contributed by atoms with Gasteiger partial charge in [0.05, 0.1) is 4.92 Å². The molecule has 2 aromatic rings.